The van der Waals surface area contributed by atoms with Crippen molar-refractivity contribution in [1.29, 1.82) is 0 Å². The molecule has 1 aromatic carbocycles. The summed E-state index contributed by atoms with van der Waals surface area (Å²) in [6, 6.07) is 4.41. The molecule has 0 aliphatic heterocycles. The molecule has 4 nitrogen and oxygen atoms in total. The van der Waals surface area contributed by atoms with Gasteiger partial charge < -0.3 is 15.5 Å². The molecule has 0 aromatic heterocycles. The van der Waals surface area contributed by atoms with E-state index in [2.05, 4.69) is 12.2 Å². The highest BCUT2D eigenvalue weighted by atomic mass is 16.3. The number of amides is 1. The van der Waals surface area contributed by atoms with Crippen LogP contribution < -0.4 is 5.32 Å². The van der Waals surface area contributed by atoms with Gasteiger partial charge in [-0.3, -0.25) is 4.79 Å². The normalized spacial score (nSPS) is 17.9. The Bertz CT molecular complexity index is 464. The fourth-order valence-electron chi connectivity index (χ4n) is 2.69. The number of phenolic OH excluding ortho intramolecular Hbond substituents is 2. The lowest BCUT2D eigenvalue weighted by molar-refractivity contribution is 0.0916. The van der Waals surface area contributed by atoms with E-state index in [0.29, 0.717) is 6.54 Å². The molecule has 4 heteroatoms. The number of carbonyl (C=O) groups is 1. The van der Waals surface area contributed by atoms with Gasteiger partial charge in [-0.2, -0.15) is 0 Å². The van der Waals surface area contributed by atoms with Gasteiger partial charge in [0.05, 0.1) is 5.56 Å². The fourth-order valence-corrected chi connectivity index (χ4v) is 2.69. The van der Waals surface area contributed by atoms with Gasteiger partial charge in [-0.25, -0.2) is 0 Å². The van der Waals surface area contributed by atoms with E-state index in [1.165, 1.54) is 31.4 Å². The molecule has 0 unspecified atom stereocenters. The molecule has 0 atom stereocenters. The van der Waals surface area contributed by atoms with Crippen molar-refractivity contribution in [3.8, 4) is 11.5 Å². The van der Waals surface area contributed by atoms with Gasteiger partial charge in [-0.15, -0.1) is 0 Å². The molecule has 1 aromatic rings. The van der Waals surface area contributed by atoms with Gasteiger partial charge >= 0.3 is 0 Å². The van der Waals surface area contributed by atoms with Crippen LogP contribution >= 0.6 is 0 Å². The van der Waals surface area contributed by atoms with Crippen molar-refractivity contribution in [2.75, 3.05) is 6.54 Å². The highest BCUT2D eigenvalue weighted by molar-refractivity contribution is 5.97. The Labute approximate surface area is 113 Å². The minimum absolute atomic E-state index is 0.124. The molecule has 3 N–H and O–H groups in total. The molecule has 1 saturated carbocycles. The average molecular weight is 263 g/mol. The van der Waals surface area contributed by atoms with Gasteiger partial charge in [-0.1, -0.05) is 32.3 Å². The van der Waals surface area contributed by atoms with Crippen LogP contribution in [0.2, 0.25) is 0 Å². The van der Waals surface area contributed by atoms with E-state index in [9.17, 15) is 15.0 Å². The molecule has 0 radical (unpaired) electrons. The maximum absolute atomic E-state index is 12.0. The highest BCUT2D eigenvalue weighted by Gasteiger charge is 2.27. The third-order valence-electron chi connectivity index (χ3n) is 4.00. The first kappa shape index (κ1) is 13.7. The standard InChI is InChI=1S/C15H21NO3/c1-15(8-3-2-4-9-15)10-16-14(19)11-6-5-7-12(17)13(11)18/h5-7,17-18H,2-4,8-10H2,1H3,(H,16,19). The molecule has 0 heterocycles. The van der Waals surface area contributed by atoms with E-state index < -0.39 is 0 Å². The highest BCUT2D eigenvalue weighted by Crippen LogP contribution is 2.35. The second-order valence-corrected chi connectivity index (χ2v) is 5.73. The van der Waals surface area contributed by atoms with Crippen LogP contribution in [0.25, 0.3) is 0 Å². The van der Waals surface area contributed by atoms with E-state index in [-0.39, 0.29) is 28.4 Å². The third kappa shape index (κ3) is 3.19. The molecule has 2 rings (SSSR count). The molecule has 1 aliphatic carbocycles. The average Bonchev–Trinajstić information content (AvgIpc) is 2.40. The van der Waals surface area contributed by atoms with E-state index in [1.807, 2.05) is 0 Å². The molecule has 1 fully saturated rings. The molecule has 1 aliphatic rings. The Morgan fingerprint density at radius 1 is 1.26 bits per heavy atom. The quantitative estimate of drug-likeness (QED) is 0.734. The third-order valence-corrected chi connectivity index (χ3v) is 4.00. The van der Waals surface area contributed by atoms with Crippen molar-refractivity contribution in [3.05, 3.63) is 23.8 Å². The monoisotopic (exact) mass is 263 g/mol. The van der Waals surface area contributed by atoms with Crippen molar-refractivity contribution in [2.24, 2.45) is 5.41 Å². The summed E-state index contributed by atoms with van der Waals surface area (Å²) in [7, 11) is 0. The van der Waals surface area contributed by atoms with Crippen LogP contribution in [0.5, 0.6) is 11.5 Å². The maximum atomic E-state index is 12.0. The number of benzene rings is 1. The zero-order valence-electron chi connectivity index (χ0n) is 11.3. The van der Waals surface area contributed by atoms with E-state index in [1.54, 1.807) is 6.07 Å². The van der Waals surface area contributed by atoms with Crippen LogP contribution in [0, 0.1) is 5.41 Å². The number of nitrogens with one attached hydrogen (secondary N) is 1. The summed E-state index contributed by atoms with van der Waals surface area (Å²) in [6.07, 6.45) is 5.95. The van der Waals surface area contributed by atoms with Crippen molar-refractivity contribution in [3.63, 3.8) is 0 Å². The van der Waals surface area contributed by atoms with Gasteiger partial charge in [0, 0.05) is 6.54 Å². The van der Waals surface area contributed by atoms with Crippen LogP contribution in [-0.4, -0.2) is 22.7 Å². The number of carbonyl (C=O) groups excluding carboxylic acids is 1. The van der Waals surface area contributed by atoms with Crippen LogP contribution in [0.4, 0.5) is 0 Å². The predicted octanol–water partition coefficient (Wildman–Crippen LogP) is 2.80. The summed E-state index contributed by atoms with van der Waals surface area (Å²) in [4.78, 5) is 12.0. The second kappa shape index (κ2) is 5.51. The van der Waals surface area contributed by atoms with Gasteiger partial charge in [0.25, 0.3) is 5.91 Å². The second-order valence-electron chi connectivity index (χ2n) is 5.73. The Morgan fingerprint density at radius 3 is 2.63 bits per heavy atom. The van der Waals surface area contributed by atoms with Crippen LogP contribution in [0.15, 0.2) is 18.2 Å². The zero-order chi connectivity index (χ0) is 13.9. The lowest BCUT2D eigenvalue weighted by Gasteiger charge is -2.33. The SMILES string of the molecule is CC1(CNC(=O)c2cccc(O)c2O)CCCCC1. The smallest absolute Gasteiger partial charge is 0.255 e. The minimum atomic E-state index is -0.353. The van der Waals surface area contributed by atoms with Crippen LogP contribution in [0.3, 0.4) is 0 Å². The van der Waals surface area contributed by atoms with E-state index in [0.717, 1.165) is 12.8 Å². The summed E-state index contributed by atoms with van der Waals surface area (Å²) in [5, 5.41) is 21.9. The Kier molecular flexibility index (Phi) is 3.98. The summed E-state index contributed by atoms with van der Waals surface area (Å²) >= 11 is 0. The van der Waals surface area contributed by atoms with Crippen molar-refractivity contribution >= 4 is 5.91 Å². The number of hydrogen-bond donors (Lipinski definition) is 3. The summed E-state index contributed by atoms with van der Waals surface area (Å²) in [5.74, 6) is -0.953. The molecule has 0 spiro atoms. The predicted molar refractivity (Wildman–Crippen MR) is 73.3 cm³/mol. The largest absolute Gasteiger partial charge is 0.504 e. The number of rotatable bonds is 3. The first-order chi connectivity index (χ1) is 9.02. The van der Waals surface area contributed by atoms with Crippen molar-refractivity contribution in [2.45, 2.75) is 39.0 Å². The van der Waals surface area contributed by atoms with Crippen LogP contribution in [0.1, 0.15) is 49.4 Å². The number of aromatic hydroxyl groups is 2. The van der Waals surface area contributed by atoms with Crippen molar-refractivity contribution in [1.82, 2.24) is 5.32 Å². The molecular weight excluding hydrogens is 242 g/mol. The zero-order valence-corrected chi connectivity index (χ0v) is 11.3. The summed E-state index contributed by atoms with van der Waals surface area (Å²) < 4.78 is 0. The lowest BCUT2D eigenvalue weighted by Crippen LogP contribution is -2.37. The molecule has 104 valence electrons. The Hall–Kier alpha value is -1.71. The van der Waals surface area contributed by atoms with Gasteiger partial charge in [0.2, 0.25) is 0 Å². The number of para-hydroxylation sites is 1. The Balaban J connectivity index is 1.99. The van der Waals surface area contributed by atoms with Crippen molar-refractivity contribution < 1.29 is 15.0 Å². The van der Waals surface area contributed by atoms with Gasteiger partial charge in [0.15, 0.2) is 11.5 Å². The van der Waals surface area contributed by atoms with E-state index >= 15 is 0 Å². The maximum Gasteiger partial charge on any atom is 0.255 e. The molecule has 0 saturated heterocycles. The summed E-state index contributed by atoms with van der Waals surface area (Å²) in [6.45, 7) is 2.80. The minimum Gasteiger partial charge on any atom is -0.504 e. The van der Waals surface area contributed by atoms with E-state index in [4.69, 9.17) is 0 Å². The number of hydrogen-bond acceptors (Lipinski definition) is 3. The fraction of sp³-hybridized carbons (Fsp3) is 0.533. The van der Waals surface area contributed by atoms with Gasteiger partial charge in [-0.05, 0) is 30.4 Å². The molecular formula is C15H21NO3. The molecule has 1 amide bonds. The first-order valence-electron chi connectivity index (χ1n) is 6.81. The Morgan fingerprint density at radius 2 is 1.95 bits per heavy atom. The lowest BCUT2D eigenvalue weighted by atomic mass is 9.76. The number of phenols is 2. The molecule has 19 heavy (non-hydrogen) atoms. The van der Waals surface area contributed by atoms with Crippen LogP contribution in [-0.2, 0) is 0 Å². The topological polar surface area (TPSA) is 69.6 Å². The first-order valence-corrected chi connectivity index (χ1v) is 6.81. The van der Waals surface area contributed by atoms with Gasteiger partial charge in [0.1, 0.15) is 0 Å². The molecule has 0 bridgehead atoms. The summed E-state index contributed by atoms with van der Waals surface area (Å²) in [5.41, 5.74) is 0.278.